The molecular formula is C59H61BN2S. The third-order valence-corrected chi connectivity index (χ3v) is 18.2. The molecule has 0 amide bonds. The van der Waals surface area contributed by atoms with Crippen molar-refractivity contribution in [2.75, 3.05) is 9.80 Å². The lowest BCUT2D eigenvalue weighted by Gasteiger charge is -2.52. The Morgan fingerprint density at radius 2 is 1.24 bits per heavy atom. The van der Waals surface area contributed by atoms with E-state index < -0.39 is 0 Å². The van der Waals surface area contributed by atoms with Crippen LogP contribution in [-0.4, -0.2) is 12.3 Å². The highest BCUT2D eigenvalue weighted by molar-refractivity contribution is 7.26. The predicted octanol–water partition coefficient (Wildman–Crippen LogP) is 14.5. The van der Waals surface area contributed by atoms with Crippen molar-refractivity contribution in [1.82, 2.24) is 0 Å². The minimum absolute atomic E-state index is 0.00866. The van der Waals surface area contributed by atoms with Crippen molar-refractivity contribution in [3.8, 4) is 22.3 Å². The minimum atomic E-state index is -0.0514. The van der Waals surface area contributed by atoms with Crippen LogP contribution in [0.2, 0.25) is 0 Å². The second-order valence-electron chi connectivity index (χ2n) is 22.8. The molecule has 0 radical (unpaired) electrons. The van der Waals surface area contributed by atoms with E-state index in [1.807, 2.05) is 11.3 Å². The zero-order chi connectivity index (χ0) is 43.6. The van der Waals surface area contributed by atoms with Gasteiger partial charge in [-0.3, -0.25) is 0 Å². The van der Waals surface area contributed by atoms with Crippen LogP contribution in [0.25, 0.3) is 32.3 Å². The van der Waals surface area contributed by atoms with E-state index in [0.29, 0.717) is 0 Å². The Kier molecular flexibility index (Phi) is 8.18. The normalized spacial score (nSPS) is 22.3. The molecule has 0 N–H and O–H groups in total. The number of nitrogens with zero attached hydrogens (tertiary/aromatic N) is 2. The van der Waals surface area contributed by atoms with E-state index in [-0.39, 0.29) is 33.9 Å². The molecule has 1 aromatic heterocycles. The van der Waals surface area contributed by atoms with Gasteiger partial charge in [0, 0.05) is 32.7 Å². The molecule has 12 rings (SSSR count). The van der Waals surface area contributed by atoms with Gasteiger partial charge in [-0.15, -0.1) is 11.3 Å². The fourth-order valence-corrected chi connectivity index (χ4v) is 14.4. The Morgan fingerprint density at radius 1 is 0.587 bits per heavy atom. The minimum Gasteiger partial charge on any atom is -0.335 e. The van der Waals surface area contributed by atoms with Gasteiger partial charge in [-0.05, 0) is 165 Å². The Morgan fingerprint density at radius 3 is 1.94 bits per heavy atom. The molecule has 63 heavy (non-hydrogen) atoms. The van der Waals surface area contributed by atoms with Gasteiger partial charge in [0.1, 0.15) is 0 Å². The summed E-state index contributed by atoms with van der Waals surface area (Å²) in [5, 5.41) is 2.82. The van der Waals surface area contributed by atoms with E-state index in [0.717, 1.165) is 0 Å². The predicted molar refractivity (Wildman–Crippen MR) is 274 cm³/mol. The molecule has 0 spiro atoms. The molecule has 0 saturated heterocycles. The third-order valence-electron chi connectivity index (χ3n) is 17.1. The van der Waals surface area contributed by atoms with E-state index in [9.17, 15) is 0 Å². The molecule has 6 aromatic carbocycles. The summed E-state index contributed by atoms with van der Waals surface area (Å²) in [6.07, 6.45) is 7.34. The third kappa shape index (κ3) is 5.37. The number of hydrogen-bond acceptors (Lipinski definition) is 3. The van der Waals surface area contributed by atoms with E-state index >= 15 is 0 Å². The first-order chi connectivity index (χ1) is 30.0. The summed E-state index contributed by atoms with van der Waals surface area (Å²) >= 11 is 2.04. The SMILES string of the molecule is Cc1cc2c3c(c1)N1c4c(cc(-c5ccccc5)cc4C4(C)CCCCC14C)B3c1c(sc3cc4c(cc13)C(C)(C)CCC4(C)C)N2c1ccc(C(C)(C)C)cc1-c1ccccc1. The molecule has 2 unspecified atom stereocenters. The number of benzene rings is 6. The number of thiophene rings is 1. The van der Waals surface area contributed by atoms with Crippen molar-refractivity contribution in [2.45, 2.75) is 135 Å². The fourth-order valence-electron chi connectivity index (χ4n) is 13.1. The number of hydrogen-bond donors (Lipinski definition) is 0. The molecule has 1 saturated carbocycles. The maximum atomic E-state index is 2.90. The van der Waals surface area contributed by atoms with Crippen molar-refractivity contribution in [3.05, 3.63) is 143 Å². The van der Waals surface area contributed by atoms with Gasteiger partial charge in [-0.2, -0.15) is 0 Å². The van der Waals surface area contributed by atoms with Crippen LogP contribution < -0.4 is 26.2 Å². The van der Waals surface area contributed by atoms with Crippen LogP contribution in [-0.2, 0) is 21.7 Å². The molecule has 2 atom stereocenters. The molecule has 316 valence electrons. The Balaban J connectivity index is 1.24. The van der Waals surface area contributed by atoms with Crippen LogP contribution in [0, 0.1) is 6.92 Å². The molecule has 0 bridgehead atoms. The Labute approximate surface area is 380 Å². The zero-order valence-corrected chi connectivity index (χ0v) is 39.9. The van der Waals surface area contributed by atoms with Crippen LogP contribution in [0.15, 0.2) is 115 Å². The largest absolute Gasteiger partial charge is 0.335 e. The van der Waals surface area contributed by atoms with Gasteiger partial charge >= 0.3 is 0 Å². The number of aryl methyl sites for hydroxylation is 1. The van der Waals surface area contributed by atoms with Crippen LogP contribution in [0.5, 0.6) is 0 Å². The molecule has 1 fully saturated rings. The van der Waals surface area contributed by atoms with E-state index in [2.05, 4.69) is 194 Å². The molecule has 7 aromatic rings. The van der Waals surface area contributed by atoms with E-state index in [1.165, 1.54) is 132 Å². The van der Waals surface area contributed by atoms with Gasteiger partial charge in [0.05, 0.1) is 16.2 Å². The Bertz CT molecular complexity index is 3060. The fraction of sp³-hybridized carbons (Fsp3) is 0.356. The zero-order valence-electron chi connectivity index (χ0n) is 39.1. The molecule has 2 nitrogen and oxygen atoms in total. The van der Waals surface area contributed by atoms with Gasteiger partial charge < -0.3 is 9.80 Å². The van der Waals surface area contributed by atoms with Gasteiger partial charge in [-0.1, -0.05) is 141 Å². The highest BCUT2D eigenvalue weighted by Gasteiger charge is 2.62. The maximum absolute atomic E-state index is 2.90. The first-order valence-electron chi connectivity index (χ1n) is 23.8. The average molecular weight is 841 g/mol. The van der Waals surface area contributed by atoms with Crippen molar-refractivity contribution >= 4 is 72.3 Å². The summed E-state index contributed by atoms with van der Waals surface area (Å²) in [5.74, 6) is 0. The van der Waals surface area contributed by atoms with Gasteiger partial charge in [0.25, 0.3) is 6.71 Å². The van der Waals surface area contributed by atoms with Crippen LogP contribution in [0.1, 0.15) is 129 Å². The summed E-state index contributed by atoms with van der Waals surface area (Å²) in [6.45, 7) is 24.7. The summed E-state index contributed by atoms with van der Waals surface area (Å²) in [6, 6.07) is 45.5. The molecular weight excluding hydrogens is 780 g/mol. The quantitative estimate of drug-likeness (QED) is 0.164. The summed E-state index contributed by atoms with van der Waals surface area (Å²) in [4.78, 5) is 5.64. The smallest absolute Gasteiger partial charge is 0.254 e. The average Bonchev–Trinajstić information content (AvgIpc) is 3.73. The second kappa shape index (κ2) is 13.0. The van der Waals surface area contributed by atoms with Gasteiger partial charge in [-0.25, -0.2) is 0 Å². The molecule has 4 heteroatoms. The number of anilines is 5. The first-order valence-corrected chi connectivity index (χ1v) is 24.6. The summed E-state index contributed by atoms with van der Waals surface area (Å²) in [7, 11) is 0. The maximum Gasteiger partial charge on any atom is 0.254 e. The van der Waals surface area contributed by atoms with E-state index in [4.69, 9.17) is 0 Å². The lowest BCUT2D eigenvalue weighted by molar-refractivity contribution is 0.195. The van der Waals surface area contributed by atoms with Crippen LogP contribution in [0.3, 0.4) is 0 Å². The van der Waals surface area contributed by atoms with Crippen LogP contribution >= 0.6 is 11.3 Å². The number of rotatable bonds is 3. The van der Waals surface area contributed by atoms with E-state index in [1.54, 1.807) is 11.1 Å². The summed E-state index contributed by atoms with van der Waals surface area (Å²) < 4.78 is 1.42. The van der Waals surface area contributed by atoms with Crippen molar-refractivity contribution in [3.63, 3.8) is 0 Å². The standard InChI is InChI=1S/C59H61BN2S/c1-36-29-48-52-49(30-36)62-53-45(58(9)25-17-18-26-59(58,62)10)31-39(37-19-13-11-14-20-37)32-46(53)60(52)51-42-34-43-44(57(7,8)28-27-56(43,5)6)35-50(42)63-54(51)61(48)47-24-23-40(55(2,3)4)33-41(47)38-21-15-12-16-22-38/h11-16,19-24,29-35H,17-18,25-28H2,1-10H3. The second-order valence-corrected chi connectivity index (χ2v) is 23.8. The Hall–Kier alpha value is -5.06. The number of fused-ring (bicyclic) bond motifs is 10. The van der Waals surface area contributed by atoms with Crippen LogP contribution in [0.4, 0.5) is 27.8 Å². The highest BCUT2D eigenvalue weighted by Crippen LogP contribution is 2.63. The molecule has 3 aliphatic heterocycles. The van der Waals surface area contributed by atoms with Crippen molar-refractivity contribution in [1.29, 1.82) is 0 Å². The topological polar surface area (TPSA) is 6.48 Å². The molecule has 4 heterocycles. The summed E-state index contributed by atoms with van der Waals surface area (Å²) in [5.41, 5.74) is 22.7. The lowest BCUT2D eigenvalue weighted by atomic mass is 9.33. The van der Waals surface area contributed by atoms with Crippen molar-refractivity contribution in [2.24, 2.45) is 0 Å². The lowest BCUT2D eigenvalue weighted by Crippen LogP contribution is -2.64. The van der Waals surface area contributed by atoms with Gasteiger partial charge in [0.2, 0.25) is 0 Å². The highest BCUT2D eigenvalue weighted by atomic mass is 32.1. The monoisotopic (exact) mass is 840 g/mol. The van der Waals surface area contributed by atoms with Crippen molar-refractivity contribution < 1.29 is 0 Å². The first kappa shape index (κ1) is 39.5. The molecule has 5 aliphatic rings. The van der Waals surface area contributed by atoms with Gasteiger partial charge in [0.15, 0.2) is 0 Å². The molecule has 2 aliphatic carbocycles.